The van der Waals surface area contributed by atoms with Gasteiger partial charge >= 0.3 is 0 Å². The van der Waals surface area contributed by atoms with Crippen LogP contribution in [-0.4, -0.2) is 61.8 Å². The molecule has 1 heterocycles. The van der Waals surface area contributed by atoms with Crippen LogP contribution < -0.4 is 10.6 Å². The van der Waals surface area contributed by atoms with Crippen molar-refractivity contribution < 1.29 is 27.1 Å². The highest BCUT2D eigenvalue weighted by atomic mass is 32.2. The smallest absolute Gasteiger partial charge is 0.217 e. The highest BCUT2D eigenvalue weighted by Gasteiger charge is 2.28. The molecule has 222 valence electrons. The van der Waals surface area contributed by atoms with Crippen LogP contribution in [0.1, 0.15) is 68.7 Å². The number of aliphatic hydroxyl groups is 1. The van der Waals surface area contributed by atoms with Gasteiger partial charge in [-0.2, -0.15) is 0 Å². The van der Waals surface area contributed by atoms with Crippen molar-refractivity contribution in [3.63, 3.8) is 0 Å². The third-order valence-electron chi connectivity index (χ3n) is 7.20. The molecule has 1 fully saturated rings. The van der Waals surface area contributed by atoms with Gasteiger partial charge < -0.3 is 15.7 Å². The number of piperidine rings is 1. The number of hydrogen-bond acceptors (Lipinski definition) is 5. The Morgan fingerprint density at radius 1 is 1.07 bits per heavy atom. The highest BCUT2D eigenvalue weighted by molar-refractivity contribution is 7.88. The van der Waals surface area contributed by atoms with Crippen LogP contribution in [0.15, 0.2) is 36.4 Å². The monoisotopic (exact) mass is 579 g/mol. The van der Waals surface area contributed by atoms with E-state index in [4.69, 9.17) is 0 Å². The number of sulfonamides is 1. The van der Waals surface area contributed by atoms with Crippen LogP contribution in [0.3, 0.4) is 0 Å². The number of halogens is 2. The van der Waals surface area contributed by atoms with Gasteiger partial charge in [0.05, 0.1) is 18.4 Å². The van der Waals surface area contributed by atoms with E-state index in [2.05, 4.69) is 49.6 Å². The maximum absolute atomic E-state index is 13.7. The van der Waals surface area contributed by atoms with Crippen LogP contribution in [0.2, 0.25) is 0 Å². The Bertz CT molecular complexity index is 1250. The van der Waals surface area contributed by atoms with Gasteiger partial charge in [0, 0.05) is 39.2 Å². The van der Waals surface area contributed by atoms with Gasteiger partial charge in [0.15, 0.2) is 0 Å². The van der Waals surface area contributed by atoms with E-state index in [1.54, 1.807) is 0 Å². The van der Waals surface area contributed by atoms with Crippen molar-refractivity contribution in [2.24, 2.45) is 5.41 Å². The Labute approximate surface area is 237 Å². The van der Waals surface area contributed by atoms with Crippen LogP contribution in [0.5, 0.6) is 0 Å². The van der Waals surface area contributed by atoms with Crippen molar-refractivity contribution >= 4 is 15.9 Å². The quantitative estimate of drug-likeness (QED) is 0.375. The summed E-state index contributed by atoms with van der Waals surface area (Å²) in [7, 11) is -3.22. The normalized spacial score (nSPS) is 17.0. The van der Waals surface area contributed by atoms with Crippen molar-refractivity contribution in [2.45, 2.75) is 78.0 Å². The van der Waals surface area contributed by atoms with E-state index >= 15 is 0 Å². The first kappa shape index (κ1) is 32.1. The molecule has 1 aliphatic rings. The molecule has 0 radical (unpaired) electrons. The van der Waals surface area contributed by atoms with Gasteiger partial charge in [0.25, 0.3) is 0 Å². The third kappa shape index (κ3) is 9.90. The van der Waals surface area contributed by atoms with Crippen LogP contribution in [0.25, 0.3) is 0 Å². The summed E-state index contributed by atoms with van der Waals surface area (Å²) in [5, 5.41) is 17.0. The van der Waals surface area contributed by atoms with Crippen molar-refractivity contribution in [3.05, 3.63) is 70.3 Å². The van der Waals surface area contributed by atoms with Gasteiger partial charge in [-0.3, -0.25) is 4.79 Å². The second-order valence-corrected chi connectivity index (χ2v) is 14.2. The molecule has 0 spiro atoms. The molecule has 0 aliphatic carbocycles. The standard InChI is InChI=1S/C30H43F2N3O4S/c1-20(36)34-28(15-22-13-25(31)16-26(32)14-22)29(37)19-33-18-24-12-21(17-30(2,3)4)6-7-27(24)23-8-10-35(11-9-23)40(5,38)39/h6-7,12-14,16,23,28-29,33,37H,8-11,15,17-19H2,1-5H3,(H,34,36). The zero-order chi connectivity index (χ0) is 29.7. The van der Waals surface area contributed by atoms with Gasteiger partial charge in [-0.05, 0) is 71.4 Å². The van der Waals surface area contributed by atoms with Gasteiger partial charge in [-0.1, -0.05) is 39.0 Å². The average molecular weight is 580 g/mol. The van der Waals surface area contributed by atoms with E-state index in [1.807, 2.05) is 0 Å². The molecule has 1 amide bonds. The molecule has 10 heteroatoms. The fraction of sp³-hybridized carbons (Fsp3) is 0.567. The Morgan fingerprint density at radius 3 is 2.25 bits per heavy atom. The number of nitrogens with one attached hydrogen (secondary N) is 2. The molecular weight excluding hydrogens is 536 g/mol. The molecule has 3 rings (SSSR count). The molecule has 0 aromatic heterocycles. The summed E-state index contributed by atoms with van der Waals surface area (Å²) in [6, 6.07) is 8.91. The van der Waals surface area contributed by atoms with Crippen LogP contribution >= 0.6 is 0 Å². The minimum absolute atomic E-state index is 0.0718. The lowest BCUT2D eigenvalue weighted by Crippen LogP contribution is -2.48. The Morgan fingerprint density at radius 2 is 1.70 bits per heavy atom. The molecule has 1 aliphatic heterocycles. The largest absolute Gasteiger partial charge is 0.390 e. The highest BCUT2D eigenvalue weighted by Crippen LogP contribution is 2.33. The van der Waals surface area contributed by atoms with Gasteiger partial charge in [-0.25, -0.2) is 21.5 Å². The predicted molar refractivity (Wildman–Crippen MR) is 153 cm³/mol. The SMILES string of the molecule is CC(=O)NC(Cc1cc(F)cc(F)c1)C(O)CNCc1cc(CC(C)(C)C)ccc1C1CCN(S(C)(=O)=O)CC1. The summed E-state index contributed by atoms with van der Waals surface area (Å²) in [6.07, 6.45) is 2.67. The lowest BCUT2D eigenvalue weighted by molar-refractivity contribution is -0.120. The van der Waals surface area contributed by atoms with Crippen molar-refractivity contribution in [1.29, 1.82) is 0 Å². The maximum Gasteiger partial charge on any atom is 0.217 e. The Balaban J connectivity index is 1.73. The molecule has 0 bridgehead atoms. The first-order chi connectivity index (χ1) is 18.6. The van der Waals surface area contributed by atoms with E-state index in [-0.39, 0.29) is 30.2 Å². The zero-order valence-corrected chi connectivity index (χ0v) is 25.0. The minimum Gasteiger partial charge on any atom is -0.390 e. The summed E-state index contributed by atoms with van der Waals surface area (Å²) in [4.78, 5) is 11.8. The molecule has 2 unspecified atom stereocenters. The molecule has 0 saturated carbocycles. The lowest BCUT2D eigenvalue weighted by Gasteiger charge is -2.32. The zero-order valence-electron chi connectivity index (χ0n) is 24.1. The second-order valence-electron chi connectivity index (χ2n) is 12.2. The topological polar surface area (TPSA) is 98.7 Å². The third-order valence-corrected chi connectivity index (χ3v) is 8.51. The van der Waals surface area contributed by atoms with Gasteiger partial charge in [0.2, 0.25) is 15.9 Å². The van der Waals surface area contributed by atoms with Gasteiger partial charge in [-0.15, -0.1) is 0 Å². The summed E-state index contributed by atoms with van der Waals surface area (Å²) in [5.41, 5.74) is 3.90. The van der Waals surface area contributed by atoms with Crippen LogP contribution in [0, 0.1) is 17.0 Å². The number of hydrogen-bond donors (Lipinski definition) is 3. The molecule has 2 aromatic rings. The molecule has 3 N–H and O–H groups in total. The van der Waals surface area contributed by atoms with Gasteiger partial charge in [0.1, 0.15) is 11.6 Å². The summed E-state index contributed by atoms with van der Waals surface area (Å²) in [6.45, 7) is 9.47. The Kier molecular flexibility index (Phi) is 10.8. The van der Waals surface area contributed by atoms with Crippen molar-refractivity contribution in [3.8, 4) is 0 Å². The summed E-state index contributed by atoms with van der Waals surface area (Å²) in [5.74, 6) is -1.56. The molecule has 2 aromatic carbocycles. The fourth-order valence-corrected chi connectivity index (χ4v) is 6.33. The first-order valence-electron chi connectivity index (χ1n) is 13.8. The van der Waals surface area contributed by atoms with E-state index < -0.39 is 33.8 Å². The molecule has 1 saturated heterocycles. The molecule has 7 nitrogen and oxygen atoms in total. The minimum atomic E-state index is -3.22. The van der Waals surface area contributed by atoms with Crippen molar-refractivity contribution in [1.82, 2.24) is 14.9 Å². The lowest BCUT2D eigenvalue weighted by atomic mass is 9.83. The number of carbonyl (C=O) groups is 1. The second kappa shape index (κ2) is 13.5. The average Bonchev–Trinajstić information content (AvgIpc) is 2.81. The van der Waals surface area contributed by atoms with Crippen LogP contribution in [-0.2, 0) is 34.2 Å². The number of amides is 1. The van der Waals surface area contributed by atoms with E-state index in [9.17, 15) is 27.1 Å². The number of rotatable bonds is 11. The molecule has 40 heavy (non-hydrogen) atoms. The fourth-order valence-electron chi connectivity index (χ4n) is 5.46. The summed E-state index contributed by atoms with van der Waals surface area (Å²) >= 11 is 0. The van der Waals surface area contributed by atoms with Crippen molar-refractivity contribution in [2.75, 3.05) is 25.9 Å². The number of aliphatic hydroxyl groups excluding tert-OH is 1. The summed E-state index contributed by atoms with van der Waals surface area (Å²) < 4.78 is 52.9. The van der Waals surface area contributed by atoms with E-state index in [0.717, 1.165) is 30.9 Å². The van der Waals surface area contributed by atoms with E-state index in [0.29, 0.717) is 25.2 Å². The number of benzene rings is 2. The first-order valence-corrected chi connectivity index (χ1v) is 15.6. The molecular formula is C30H43F2N3O4S. The number of carbonyl (C=O) groups excluding carboxylic acids is 1. The van der Waals surface area contributed by atoms with E-state index in [1.165, 1.54) is 40.7 Å². The predicted octanol–water partition coefficient (Wildman–Crippen LogP) is 3.89. The Hall–Kier alpha value is -2.40. The maximum atomic E-state index is 13.7. The number of nitrogens with zero attached hydrogens (tertiary/aromatic N) is 1. The van der Waals surface area contributed by atoms with Crippen LogP contribution in [0.4, 0.5) is 8.78 Å². The molecule has 2 atom stereocenters.